The molecule has 0 bridgehead atoms. The number of hydrazine groups is 1. The lowest BCUT2D eigenvalue weighted by molar-refractivity contribution is 1.07. The molecule has 1 aromatic heterocycles. The molecule has 0 aliphatic heterocycles. The fraction of sp³-hybridized carbons (Fsp3) is 0.500. The molecule has 0 unspecified atom stereocenters. The maximum Gasteiger partial charge on any atom is 0.217 e. The Labute approximate surface area is 67.4 Å². The third-order valence-corrected chi connectivity index (χ3v) is 2.30. The summed E-state index contributed by atoms with van der Waals surface area (Å²) in [5, 5.41) is 1.46. The Morgan fingerprint density at radius 1 is 1.80 bits per heavy atom. The van der Waals surface area contributed by atoms with Gasteiger partial charge in [-0.25, -0.2) is 5.84 Å². The van der Waals surface area contributed by atoms with Crippen molar-refractivity contribution in [3.63, 3.8) is 0 Å². The molecular weight excluding hydrogens is 168 g/mol. The molecule has 0 aliphatic carbocycles. The summed E-state index contributed by atoms with van der Waals surface area (Å²) in [4.78, 5) is 4.05. The van der Waals surface area contributed by atoms with Gasteiger partial charge in [-0.05, 0) is 5.75 Å². The van der Waals surface area contributed by atoms with E-state index in [0.717, 1.165) is 10.9 Å². The Bertz CT molecular complexity index is 199. The smallest absolute Gasteiger partial charge is 0.217 e. The van der Waals surface area contributed by atoms with Crippen LogP contribution >= 0.6 is 23.3 Å². The number of nitrogen functional groups attached to an aromatic ring is 1. The molecule has 0 amide bonds. The minimum atomic E-state index is 0.663. The number of aromatic nitrogens is 2. The van der Waals surface area contributed by atoms with Gasteiger partial charge in [0, 0.05) is 11.5 Å². The molecule has 0 radical (unpaired) electrons. The average Bonchev–Trinajstić information content (AvgIpc) is 2.37. The summed E-state index contributed by atoms with van der Waals surface area (Å²) in [6.45, 7) is 2.06. The van der Waals surface area contributed by atoms with E-state index in [1.165, 1.54) is 11.5 Å². The monoisotopic (exact) mass is 176 g/mol. The van der Waals surface area contributed by atoms with Crippen LogP contribution < -0.4 is 11.3 Å². The van der Waals surface area contributed by atoms with Crippen LogP contribution in [0.1, 0.15) is 6.92 Å². The van der Waals surface area contributed by atoms with Gasteiger partial charge in [0.05, 0.1) is 0 Å². The zero-order valence-corrected chi connectivity index (χ0v) is 7.13. The molecule has 1 rings (SSSR count). The summed E-state index contributed by atoms with van der Waals surface area (Å²) >= 11 is 2.88. The summed E-state index contributed by atoms with van der Waals surface area (Å²) in [6, 6.07) is 0. The average molecular weight is 176 g/mol. The van der Waals surface area contributed by atoms with Crippen molar-refractivity contribution in [1.29, 1.82) is 0 Å². The largest absolute Gasteiger partial charge is 0.298 e. The zero-order chi connectivity index (χ0) is 7.40. The van der Waals surface area contributed by atoms with Crippen molar-refractivity contribution in [2.45, 2.75) is 12.1 Å². The number of hydrogen-bond acceptors (Lipinski definition) is 6. The van der Waals surface area contributed by atoms with E-state index in [-0.39, 0.29) is 0 Å². The van der Waals surface area contributed by atoms with Crippen molar-refractivity contribution < 1.29 is 0 Å². The van der Waals surface area contributed by atoms with Gasteiger partial charge in [-0.15, -0.1) is 0 Å². The normalized spacial score (nSPS) is 9.80. The Balaban J connectivity index is 2.59. The maximum absolute atomic E-state index is 5.11. The first kappa shape index (κ1) is 7.77. The van der Waals surface area contributed by atoms with Gasteiger partial charge in [-0.1, -0.05) is 18.7 Å². The molecule has 1 heterocycles. The molecule has 0 saturated carbocycles. The van der Waals surface area contributed by atoms with Gasteiger partial charge in [0.1, 0.15) is 0 Å². The van der Waals surface area contributed by atoms with E-state index in [1.807, 2.05) is 0 Å². The van der Waals surface area contributed by atoms with E-state index < -0.39 is 0 Å². The first-order valence-electron chi connectivity index (χ1n) is 2.80. The minimum absolute atomic E-state index is 0.663. The van der Waals surface area contributed by atoms with Gasteiger partial charge in [-0.3, -0.25) is 5.43 Å². The first-order chi connectivity index (χ1) is 4.86. The predicted octanol–water partition coefficient (Wildman–Crippen LogP) is 0.936. The van der Waals surface area contributed by atoms with Crippen molar-refractivity contribution in [3.8, 4) is 0 Å². The highest BCUT2D eigenvalue weighted by Gasteiger charge is 1.99. The lowest BCUT2D eigenvalue weighted by Crippen LogP contribution is -2.05. The highest BCUT2D eigenvalue weighted by atomic mass is 32.2. The Kier molecular flexibility index (Phi) is 2.91. The molecule has 4 nitrogen and oxygen atoms in total. The van der Waals surface area contributed by atoms with Crippen molar-refractivity contribution in [3.05, 3.63) is 0 Å². The minimum Gasteiger partial charge on any atom is -0.298 e. The number of hydrogen-bond donors (Lipinski definition) is 2. The molecule has 0 aliphatic rings. The topological polar surface area (TPSA) is 63.8 Å². The molecule has 0 atom stereocenters. The van der Waals surface area contributed by atoms with Crippen LogP contribution in [-0.2, 0) is 0 Å². The molecule has 6 heteroatoms. The summed E-state index contributed by atoms with van der Waals surface area (Å²) < 4.78 is 4.03. The van der Waals surface area contributed by atoms with E-state index in [9.17, 15) is 0 Å². The third-order valence-electron chi connectivity index (χ3n) is 0.804. The van der Waals surface area contributed by atoms with Crippen molar-refractivity contribution >= 4 is 28.4 Å². The summed E-state index contributed by atoms with van der Waals surface area (Å²) in [6.07, 6.45) is 0. The molecule has 0 aromatic carbocycles. The second-order valence-electron chi connectivity index (χ2n) is 1.46. The van der Waals surface area contributed by atoms with Crippen LogP contribution in [0.3, 0.4) is 0 Å². The van der Waals surface area contributed by atoms with Crippen LogP contribution in [0.25, 0.3) is 0 Å². The van der Waals surface area contributed by atoms with Crippen LogP contribution in [0.15, 0.2) is 5.16 Å². The van der Waals surface area contributed by atoms with Gasteiger partial charge in [0.25, 0.3) is 0 Å². The summed E-state index contributed by atoms with van der Waals surface area (Å²) in [5.41, 5.74) is 2.44. The van der Waals surface area contributed by atoms with E-state index in [1.54, 1.807) is 11.8 Å². The van der Waals surface area contributed by atoms with Crippen LogP contribution in [0.4, 0.5) is 5.13 Å². The Hall–Kier alpha value is -0.330. The maximum atomic E-state index is 5.11. The molecular formula is C4H8N4S2. The molecule has 56 valence electrons. The number of nitrogens with zero attached hydrogens (tertiary/aromatic N) is 2. The van der Waals surface area contributed by atoms with Crippen molar-refractivity contribution in [2.75, 3.05) is 11.2 Å². The third kappa shape index (κ3) is 1.83. The van der Waals surface area contributed by atoms with Crippen LogP contribution in [0.2, 0.25) is 0 Å². The van der Waals surface area contributed by atoms with Gasteiger partial charge < -0.3 is 0 Å². The number of rotatable bonds is 3. The second-order valence-corrected chi connectivity index (χ2v) is 3.44. The predicted molar refractivity (Wildman–Crippen MR) is 44.1 cm³/mol. The Morgan fingerprint density at radius 3 is 3.10 bits per heavy atom. The number of anilines is 1. The van der Waals surface area contributed by atoms with Crippen molar-refractivity contribution in [1.82, 2.24) is 9.36 Å². The highest BCUT2D eigenvalue weighted by Crippen LogP contribution is 2.18. The van der Waals surface area contributed by atoms with Crippen LogP contribution in [0, 0.1) is 0 Å². The molecule has 0 fully saturated rings. The molecule has 0 spiro atoms. The molecule has 0 saturated heterocycles. The summed E-state index contributed by atoms with van der Waals surface area (Å²) in [5.74, 6) is 6.09. The van der Waals surface area contributed by atoms with Crippen molar-refractivity contribution in [2.24, 2.45) is 5.84 Å². The Morgan fingerprint density at radius 2 is 2.60 bits per heavy atom. The van der Waals surface area contributed by atoms with Gasteiger partial charge in [-0.2, -0.15) is 9.36 Å². The van der Waals surface area contributed by atoms with E-state index in [4.69, 9.17) is 5.84 Å². The second kappa shape index (κ2) is 3.75. The van der Waals surface area contributed by atoms with E-state index >= 15 is 0 Å². The molecule has 3 N–H and O–H groups in total. The summed E-state index contributed by atoms with van der Waals surface area (Å²) in [7, 11) is 0. The SMILES string of the molecule is CCSc1nsc(NN)n1. The van der Waals surface area contributed by atoms with Gasteiger partial charge in [0.15, 0.2) is 0 Å². The van der Waals surface area contributed by atoms with E-state index in [2.05, 4.69) is 21.7 Å². The van der Waals surface area contributed by atoms with Crippen LogP contribution in [-0.4, -0.2) is 15.1 Å². The van der Waals surface area contributed by atoms with Gasteiger partial charge in [0.2, 0.25) is 10.3 Å². The first-order valence-corrected chi connectivity index (χ1v) is 4.56. The van der Waals surface area contributed by atoms with Gasteiger partial charge >= 0.3 is 0 Å². The lowest BCUT2D eigenvalue weighted by atomic mass is 11.0. The fourth-order valence-electron chi connectivity index (χ4n) is 0.456. The highest BCUT2D eigenvalue weighted by molar-refractivity contribution is 7.99. The van der Waals surface area contributed by atoms with E-state index in [0.29, 0.717) is 5.13 Å². The fourth-order valence-corrected chi connectivity index (χ4v) is 1.64. The number of nitrogens with two attached hydrogens (primary N) is 1. The number of nitrogens with one attached hydrogen (secondary N) is 1. The lowest BCUT2D eigenvalue weighted by Gasteiger charge is -1.86. The quantitative estimate of drug-likeness (QED) is 0.407. The number of thioether (sulfide) groups is 1. The standard InChI is InChI=1S/C4H8N4S2/c1-2-9-4-6-3(7-5)10-8-4/h2,5H2,1H3,(H,6,7,8). The molecule has 10 heavy (non-hydrogen) atoms. The molecule has 1 aromatic rings. The zero-order valence-electron chi connectivity index (χ0n) is 5.50. The van der Waals surface area contributed by atoms with Crippen LogP contribution in [0.5, 0.6) is 0 Å².